The van der Waals surface area contributed by atoms with Crippen molar-refractivity contribution in [1.29, 1.82) is 0 Å². The maximum atomic E-state index is 12.7. The summed E-state index contributed by atoms with van der Waals surface area (Å²) in [6.07, 6.45) is 1.11. The molecule has 1 rings (SSSR count). The first-order valence-corrected chi connectivity index (χ1v) is 6.06. The highest BCUT2D eigenvalue weighted by atomic mass is 127. The molecule has 78 valence electrons. The maximum absolute atomic E-state index is 12.7. The zero-order valence-electron chi connectivity index (χ0n) is 8.85. The van der Waals surface area contributed by atoms with Crippen LogP contribution in [0.3, 0.4) is 0 Å². The number of benzene rings is 1. The second kappa shape index (κ2) is 4.60. The second-order valence-electron chi connectivity index (χ2n) is 4.38. The molecule has 0 saturated carbocycles. The highest BCUT2D eigenvalue weighted by molar-refractivity contribution is 14.1. The fourth-order valence-electron chi connectivity index (χ4n) is 1.72. The van der Waals surface area contributed by atoms with Crippen molar-refractivity contribution >= 4 is 22.6 Å². The Morgan fingerprint density at radius 2 is 1.79 bits per heavy atom. The molecule has 0 aliphatic carbocycles. The van der Waals surface area contributed by atoms with Gasteiger partial charge in [-0.25, -0.2) is 4.39 Å². The van der Waals surface area contributed by atoms with Crippen LogP contribution in [-0.4, -0.2) is 3.92 Å². The van der Waals surface area contributed by atoms with E-state index in [9.17, 15) is 4.39 Å². The summed E-state index contributed by atoms with van der Waals surface area (Å²) < 4.78 is 13.4. The monoisotopic (exact) mass is 306 g/mol. The van der Waals surface area contributed by atoms with E-state index >= 15 is 0 Å². The fourth-order valence-corrected chi connectivity index (χ4v) is 2.82. The fraction of sp³-hybridized carbons (Fsp3) is 0.500. The third-order valence-electron chi connectivity index (χ3n) is 2.42. The molecule has 1 unspecified atom stereocenters. The molecule has 0 fully saturated rings. The van der Waals surface area contributed by atoms with Crippen LogP contribution in [0.2, 0.25) is 0 Å². The highest BCUT2D eigenvalue weighted by Crippen LogP contribution is 2.30. The minimum absolute atomic E-state index is 0.133. The Labute approximate surface area is 99.0 Å². The van der Waals surface area contributed by atoms with Gasteiger partial charge in [-0.15, -0.1) is 0 Å². The molecule has 0 radical (unpaired) electrons. The van der Waals surface area contributed by atoms with Crippen molar-refractivity contribution in [2.45, 2.75) is 36.5 Å². The van der Waals surface area contributed by atoms with Crippen molar-refractivity contribution in [2.75, 3.05) is 0 Å². The van der Waals surface area contributed by atoms with Crippen molar-refractivity contribution < 1.29 is 4.39 Å². The molecule has 0 N–H and O–H groups in total. The molecule has 0 aliphatic rings. The van der Waals surface area contributed by atoms with E-state index in [-0.39, 0.29) is 11.2 Å². The molecule has 0 amide bonds. The Morgan fingerprint density at radius 3 is 2.21 bits per heavy atom. The summed E-state index contributed by atoms with van der Waals surface area (Å²) in [5, 5.41) is 0. The standard InChI is InChI=1S/C12H16FI/c1-9(14)8-12(2,3)10-4-6-11(13)7-5-10/h4-7,9H,8H2,1-3H3. The van der Waals surface area contributed by atoms with Crippen molar-refractivity contribution in [3.63, 3.8) is 0 Å². The summed E-state index contributed by atoms with van der Waals surface area (Å²) in [5.41, 5.74) is 1.34. The van der Waals surface area contributed by atoms with E-state index in [0.717, 1.165) is 6.42 Å². The normalized spacial score (nSPS) is 14.1. The van der Waals surface area contributed by atoms with Crippen LogP contribution in [0.1, 0.15) is 32.8 Å². The Balaban J connectivity index is 2.86. The van der Waals surface area contributed by atoms with Crippen molar-refractivity contribution in [3.8, 4) is 0 Å². The summed E-state index contributed by atoms with van der Waals surface area (Å²) in [4.78, 5) is 0. The Hall–Kier alpha value is -0.120. The molecule has 1 atom stereocenters. The topological polar surface area (TPSA) is 0 Å². The van der Waals surface area contributed by atoms with Gasteiger partial charge in [0.1, 0.15) is 5.82 Å². The third kappa shape index (κ3) is 3.23. The van der Waals surface area contributed by atoms with E-state index in [1.54, 1.807) is 0 Å². The van der Waals surface area contributed by atoms with Gasteiger partial charge in [-0.3, -0.25) is 0 Å². The number of hydrogen-bond acceptors (Lipinski definition) is 0. The lowest BCUT2D eigenvalue weighted by molar-refractivity contribution is 0.484. The summed E-state index contributed by atoms with van der Waals surface area (Å²) in [7, 11) is 0. The average Bonchev–Trinajstić information content (AvgIpc) is 2.02. The van der Waals surface area contributed by atoms with Crippen LogP contribution in [0.15, 0.2) is 24.3 Å². The van der Waals surface area contributed by atoms with Gasteiger partial charge in [0.05, 0.1) is 0 Å². The summed E-state index contributed by atoms with van der Waals surface area (Å²) >= 11 is 2.43. The molecule has 0 aromatic heterocycles. The smallest absolute Gasteiger partial charge is 0.123 e. The first-order valence-electron chi connectivity index (χ1n) is 4.82. The SMILES string of the molecule is CC(I)CC(C)(C)c1ccc(F)cc1. The average molecular weight is 306 g/mol. The Kier molecular flexibility index (Phi) is 3.93. The van der Waals surface area contributed by atoms with Gasteiger partial charge in [0.25, 0.3) is 0 Å². The van der Waals surface area contributed by atoms with Crippen LogP contribution in [0.5, 0.6) is 0 Å². The molecule has 0 aliphatic heterocycles. The summed E-state index contributed by atoms with van der Waals surface area (Å²) in [6, 6.07) is 6.84. The summed E-state index contributed by atoms with van der Waals surface area (Å²) in [5.74, 6) is -0.160. The zero-order valence-corrected chi connectivity index (χ0v) is 11.0. The van der Waals surface area contributed by atoms with Gasteiger partial charge >= 0.3 is 0 Å². The Morgan fingerprint density at radius 1 is 1.29 bits per heavy atom. The molecular formula is C12H16FI. The van der Waals surface area contributed by atoms with E-state index in [1.807, 2.05) is 12.1 Å². The predicted octanol–water partition coefficient (Wildman–Crippen LogP) is 4.32. The van der Waals surface area contributed by atoms with E-state index in [2.05, 4.69) is 43.4 Å². The van der Waals surface area contributed by atoms with Crippen molar-refractivity contribution in [1.82, 2.24) is 0 Å². The van der Waals surface area contributed by atoms with Crippen molar-refractivity contribution in [3.05, 3.63) is 35.6 Å². The molecule has 0 nitrogen and oxygen atoms in total. The van der Waals surface area contributed by atoms with E-state index in [4.69, 9.17) is 0 Å². The van der Waals surface area contributed by atoms with Crippen LogP contribution in [0, 0.1) is 5.82 Å². The first-order chi connectivity index (χ1) is 6.42. The highest BCUT2D eigenvalue weighted by Gasteiger charge is 2.22. The quantitative estimate of drug-likeness (QED) is 0.576. The molecule has 14 heavy (non-hydrogen) atoms. The van der Waals surface area contributed by atoms with Crippen molar-refractivity contribution in [2.24, 2.45) is 0 Å². The minimum atomic E-state index is -0.160. The van der Waals surface area contributed by atoms with Crippen LogP contribution in [0.25, 0.3) is 0 Å². The van der Waals surface area contributed by atoms with E-state index in [0.29, 0.717) is 3.92 Å². The molecule has 0 heterocycles. The first kappa shape index (κ1) is 12.0. The lowest BCUT2D eigenvalue weighted by Crippen LogP contribution is -2.20. The number of alkyl halides is 1. The zero-order chi connectivity index (χ0) is 10.8. The van der Waals surface area contributed by atoms with Gasteiger partial charge in [0.15, 0.2) is 0 Å². The van der Waals surface area contributed by atoms with E-state index in [1.165, 1.54) is 17.7 Å². The Bertz CT molecular complexity index is 288. The molecular weight excluding hydrogens is 290 g/mol. The van der Waals surface area contributed by atoms with Gasteiger partial charge in [0, 0.05) is 3.92 Å². The molecule has 1 aromatic carbocycles. The van der Waals surface area contributed by atoms with Crippen LogP contribution in [-0.2, 0) is 5.41 Å². The van der Waals surface area contributed by atoms with Crippen LogP contribution >= 0.6 is 22.6 Å². The van der Waals surface area contributed by atoms with Gasteiger partial charge in [-0.2, -0.15) is 0 Å². The van der Waals surface area contributed by atoms with Gasteiger partial charge < -0.3 is 0 Å². The van der Waals surface area contributed by atoms with E-state index < -0.39 is 0 Å². The van der Waals surface area contributed by atoms with Gasteiger partial charge in [-0.05, 0) is 29.5 Å². The predicted molar refractivity (Wildman–Crippen MR) is 67.5 cm³/mol. The number of hydrogen-bond donors (Lipinski definition) is 0. The van der Waals surface area contributed by atoms with Crippen LogP contribution < -0.4 is 0 Å². The molecule has 0 bridgehead atoms. The number of halogens is 2. The molecule has 0 spiro atoms. The second-order valence-corrected chi connectivity index (χ2v) is 6.50. The van der Waals surface area contributed by atoms with Gasteiger partial charge in [-0.1, -0.05) is 55.5 Å². The molecule has 2 heteroatoms. The molecule has 1 aromatic rings. The maximum Gasteiger partial charge on any atom is 0.123 e. The van der Waals surface area contributed by atoms with Crippen LogP contribution in [0.4, 0.5) is 4.39 Å². The number of rotatable bonds is 3. The lowest BCUT2D eigenvalue weighted by atomic mass is 9.81. The largest absolute Gasteiger partial charge is 0.207 e. The minimum Gasteiger partial charge on any atom is -0.207 e. The molecule has 0 saturated heterocycles. The van der Waals surface area contributed by atoms with Gasteiger partial charge in [0.2, 0.25) is 0 Å². The summed E-state index contributed by atoms with van der Waals surface area (Å²) in [6.45, 7) is 6.61. The lowest BCUT2D eigenvalue weighted by Gasteiger charge is -2.26. The third-order valence-corrected chi connectivity index (χ3v) is 2.86.